The number of benzene rings is 1. The van der Waals surface area contributed by atoms with E-state index in [2.05, 4.69) is 17.3 Å². The molecule has 0 aliphatic heterocycles. The number of carbonyl (C=O) groups excluding carboxylic acids is 1. The molecule has 1 aromatic carbocycles. The lowest BCUT2D eigenvalue weighted by molar-refractivity contribution is 0.0741. The predicted molar refractivity (Wildman–Crippen MR) is 101 cm³/mol. The van der Waals surface area contributed by atoms with E-state index in [0.29, 0.717) is 29.6 Å². The molecule has 3 rings (SSSR count). The molecule has 25 heavy (non-hydrogen) atoms. The standard InChI is InChI=1S/C19H21N3O2S/c1-3-4-8-22(11-14-7-9-25-12-14)18(23)15-5-6-16-17(10-15)20-13-21(2)19(16)24/h5-7,9-10,12-13H,3-4,8,11H2,1-2H3. The number of hydrogen-bond acceptors (Lipinski definition) is 4. The van der Waals surface area contributed by atoms with Gasteiger partial charge >= 0.3 is 0 Å². The van der Waals surface area contributed by atoms with Crippen molar-refractivity contribution in [1.82, 2.24) is 14.5 Å². The number of hydrogen-bond donors (Lipinski definition) is 0. The summed E-state index contributed by atoms with van der Waals surface area (Å²) in [4.78, 5) is 31.3. The molecular formula is C19H21N3O2S. The van der Waals surface area contributed by atoms with Crippen LogP contribution in [0.2, 0.25) is 0 Å². The Bertz CT molecular complexity index is 931. The van der Waals surface area contributed by atoms with E-state index in [-0.39, 0.29) is 11.5 Å². The van der Waals surface area contributed by atoms with Crippen molar-refractivity contribution in [2.45, 2.75) is 26.3 Å². The fourth-order valence-electron chi connectivity index (χ4n) is 2.73. The monoisotopic (exact) mass is 355 g/mol. The molecule has 2 heterocycles. The van der Waals surface area contributed by atoms with Crippen molar-refractivity contribution in [3.63, 3.8) is 0 Å². The van der Waals surface area contributed by atoms with Crippen LogP contribution < -0.4 is 5.56 Å². The van der Waals surface area contributed by atoms with Gasteiger partial charge in [-0.1, -0.05) is 13.3 Å². The maximum absolute atomic E-state index is 13.0. The molecule has 3 aromatic rings. The van der Waals surface area contributed by atoms with E-state index in [0.717, 1.165) is 18.4 Å². The van der Waals surface area contributed by atoms with Gasteiger partial charge in [0.15, 0.2) is 0 Å². The molecule has 0 N–H and O–H groups in total. The molecule has 130 valence electrons. The quantitative estimate of drug-likeness (QED) is 0.681. The molecule has 0 fully saturated rings. The number of unbranched alkanes of at least 4 members (excludes halogenated alkanes) is 1. The van der Waals surface area contributed by atoms with Gasteiger partial charge < -0.3 is 9.47 Å². The number of thiophene rings is 1. The van der Waals surface area contributed by atoms with Gasteiger partial charge in [-0.05, 0) is 47.0 Å². The summed E-state index contributed by atoms with van der Waals surface area (Å²) in [6.07, 6.45) is 3.48. The summed E-state index contributed by atoms with van der Waals surface area (Å²) < 4.78 is 1.44. The Hall–Kier alpha value is -2.47. The van der Waals surface area contributed by atoms with Crippen LogP contribution in [0.1, 0.15) is 35.7 Å². The fourth-order valence-corrected chi connectivity index (χ4v) is 3.39. The molecule has 1 amide bonds. The third-order valence-corrected chi connectivity index (χ3v) is 4.92. The zero-order chi connectivity index (χ0) is 17.8. The second kappa shape index (κ2) is 7.61. The van der Waals surface area contributed by atoms with Gasteiger partial charge in [-0.25, -0.2) is 4.98 Å². The van der Waals surface area contributed by atoms with Crippen LogP contribution >= 0.6 is 11.3 Å². The van der Waals surface area contributed by atoms with Crippen molar-refractivity contribution in [1.29, 1.82) is 0 Å². The van der Waals surface area contributed by atoms with Gasteiger partial charge in [0.2, 0.25) is 0 Å². The van der Waals surface area contributed by atoms with Gasteiger partial charge in [0, 0.05) is 25.7 Å². The van der Waals surface area contributed by atoms with E-state index in [1.54, 1.807) is 36.6 Å². The lowest BCUT2D eigenvalue weighted by Gasteiger charge is -2.22. The molecule has 0 atom stereocenters. The van der Waals surface area contributed by atoms with Crippen molar-refractivity contribution in [3.8, 4) is 0 Å². The summed E-state index contributed by atoms with van der Waals surface area (Å²) >= 11 is 1.63. The molecule has 0 radical (unpaired) electrons. The molecule has 0 saturated heterocycles. The largest absolute Gasteiger partial charge is 0.334 e. The highest BCUT2D eigenvalue weighted by Gasteiger charge is 2.17. The molecule has 0 unspecified atom stereocenters. The summed E-state index contributed by atoms with van der Waals surface area (Å²) in [6.45, 7) is 3.43. The minimum atomic E-state index is -0.106. The highest BCUT2D eigenvalue weighted by Crippen LogP contribution is 2.16. The first-order valence-electron chi connectivity index (χ1n) is 8.36. The summed E-state index contributed by atoms with van der Waals surface area (Å²) in [5, 5.41) is 4.62. The molecular weight excluding hydrogens is 334 g/mol. The van der Waals surface area contributed by atoms with Crippen LogP contribution in [0.15, 0.2) is 46.1 Å². The lowest BCUT2D eigenvalue weighted by atomic mass is 10.1. The number of carbonyl (C=O) groups is 1. The van der Waals surface area contributed by atoms with E-state index in [1.165, 1.54) is 10.9 Å². The predicted octanol–water partition coefficient (Wildman–Crippen LogP) is 3.44. The van der Waals surface area contributed by atoms with Crippen molar-refractivity contribution < 1.29 is 4.79 Å². The molecule has 2 aromatic heterocycles. The normalized spacial score (nSPS) is 11.0. The van der Waals surface area contributed by atoms with Crippen LogP contribution in [0.5, 0.6) is 0 Å². The van der Waals surface area contributed by atoms with Gasteiger partial charge in [-0.3, -0.25) is 9.59 Å². The van der Waals surface area contributed by atoms with E-state index < -0.39 is 0 Å². The highest BCUT2D eigenvalue weighted by molar-refractivity contribution is 7.07. The number of nitrogens with zero attached hydrogens (tertiary/aromatic N) is 3. The molecule has 0 saturated carbocycles. The summed E-state index contributed by atoms with van der Waals surface area (Å²) in [7, 11) is 1.67. The molecule has 0 spiro atoms. The third kappa shape index (κ3) is 3.79. The Morgan fingerprint density at radius 2 is 2.16 bits per heavy atom. The van der Waals surface area contributed by atoms with Crippen molar-refractivity contribution in [2.75, 3.05) is 6.54 Å². The maximum Gasteiger partial charge on any atom is 0.260 e. The Morgan fingerprint density at radius 1 is 1.32 bits per heavy atom. The van der Waals surface area contributed by atoms with Gasteiger partial charge in [0.25, 0.3) is 11.5 Å². The molecule has 0 bridgehead atoms. The minimum absolute atomic E-state index is 0.0240. The van der Waals surface area contributed by atoms with E-state index in [9.17, 15) is 9.59 Å². The van der Waals surface area contributed by atoms with Crippen molar-refractivity contribution in [3.05, 3.63) is 62.8 Å². The summed E-state index contributed by atoms with van der Waals surface area (Å²) in [5.41, 5.74) is 2.16. The van der Waals surface area contributed by atoms with Crippen LogP contribution in [-0.2, 0) is 13.6 Å². The highest BCUT2D eigenvalue weighted by atomic mass is 32.1. The Labute approximate surface area is 150 Å². The third-order valence-electron chi connectivity index (χ3n) is 4.19. The Kier molecular flexibility index (Phi) is 5.28. The second-order valence-corrected chi connectivity index (χ2v) is 6.88. The Morgan fingerprint density at radius 3 is 2.88 bits per heavy atom. The molecule has 6 heteroatoms. The minimum Gasteiger partial charge on any atom is -0.334 e. The summed E-state index contributed by atoms with van der Waals surface area (Å²) in [6, 6.07) is 7.18. The molecule has 0 aliphatic rings. The fraction of sp³-hybridized carbons (Fsp3) is 0.316. The Balaban J connectivity index is 1.91. The first-order valence-corrected chi connectivity index (χ1v) is 9.30. The number of amides is 1. The van der Waals surface area contributed by atoms with Gasteiger partial charge in [0.1, 0.15) is 0 Å². The van der Waals surface area contributed by atoms with Gasteiger partial charge in [-0.15, -0.1) is 0 Å². The first kappa shape index (κ1) is 17.4. The van der Waals surface area contributed by atoms with Crippen LogP contribution in [0.4, 0.5) is 0 Å². The number of aromatic nitrogens is 2. The zero-order valence-electron chi connectivity index (χ0n) is 14.4. The van der Waals surface area contributed by atoms with E-state index in [1.807, 2.05) is 16.3 Å². The van der Waals surface area contributed by atoms with Crippen LogP contribution in [0.3, 0.4) is 0 Å². The van der Waals surface area contributed by atoms with Crippen LogP contribution in [0, 0.1) is 0 Å². The van der Waals surface area contributed by atoms with Gasteiger partial charge in [0.05, 0.1) is 17.2 Å². The SMILES string of the molecule is CCCCN(Cc1ccsc1)C(=O)c1ccc2c(=O)n(C)cnc2c1. The molecule has 5 nitrogen and oxygen atoms in total. The van der Waals surface area contributed by atoms with Gasteiger partial charge in [-0.2, -0.15) is 11.3 Å². The van der Waals surface area contributed by atoms with Crippen LogP contribution in [-0.4, -0.2) is 26.9 Å². The maximum atomic E-state index is 13.0. The second-order valence-electron chi connectivity index (χ2n) is 6.10. The average molecular weight is 355 g/mol. The van der Waals surface area contributed by atoms with Crippen LogP contribution in [0.25, 0.3) is 10.9 Å². The average Bonchev–Trinajstić information content (AvgIpc) is 3.14. The smallest absolute Gasteiger partial charge is 0.260 e. The molecule has 0 aliphatic carbocycles. The first-order chi connectivity index (χ1) is 12.1. The number of fused-ring (bicyclic) bond motifs is 1. The van der Waals surface area contributed by atoms with E-state index in [4.69, 9.17) is 0 Å². The number of aryl methyl sites for hydroxylation is 1. The summed E-state index contributed by atoms with van der Waals surface area (Å²) in [5.74, 6) is -0.0240. The van der Waals surface area contributed by atoms with Crippen molar-refractivity contribution >= 4 is 28.1 Å². The van der Waals surface area contributed by atoms with E-state index >= 15 is 0 Å². The zero-order valence-corrected chi connectivity index (χ0v) is 15.3. The van der Waals surface area contributed by atoms with Crippen molar-refractivity contribution in [2.24, 2.45) is 7.05 Å². The number of rotatable bonds is 6. The topological polar surface area (TPSA) is 55.2 Å². The lowest BCUT2D eigenvalue weighted by Crippen LogP contribution is -2.31.